The minimum atomic E-state index is -0.893. The number of para-hydroxylation sites is 2. The smallest absolute Gasteiger partial charge is 0.325 e. The quantitative estimate of drug-likeness (QED) is 0.702. The van der Waals surface area contributed by atoms with Crippen LogP contribution < -0.4 is 15.5 Å². The summed E-state index contributed by atoms with van der Waals surface area (Å²) in [4.78, 5) is 44.5. The lowest BCUT2D eigenvalue weighted by Crippen LogP contribution is -2.54. The topological polar surface area (TPSA) is 85.0 Å². The van der Waals surface area contributed by atoms with Crippen LogP contribution in [-0.2, 0) is 9.59 Å². The normalized spacial score (nSPS) is 28.2. The molecule has 1 aromatic carbocycles. The SMILES string of the molecule is CC1CC(C)(C)CC2(C1)NC(=O)N(CC(=O)Nc1ccccc1N1CCN(C)CC1)C2=O. The van der Waals surface area contributed by atoms with Gasteiger partial charge in [0.2, 0.25) is 5.91 Å². The van der Waals surface area contributed by atoms with Gasteiger partial charge in [-0.2, -0.15) is 0 Å². The zero-order valence-corrected chi connectivity index (χ0v) is 19.6. The van der Waals surface area contributed by atoms with E-state index in [9.17, 15) is 14.4 Å². The molecule has 0 bridgehead atoms. The first-order valence-corrected chi connectivity index (χ1v) is 11.6. The van der Waals surface area contributed by atoms with Crippen molar-refractivity contribution in [3.05, 3.63) is 24.3 Å². The van der Waals surface area contributed by atoms with Crippen LogP contribution in [0.4, 0.5) is 16.2 Å². The highest BCUT2D eigenvalue weighted by Gasteiger charge is 2.56. The van der Waals surface area contributed by atoms with Crippen LogP contribution in [0.5, 0.6) is 0 Å². The van der Waals surface area contributed by atoms with Crippen LogP contribution in [0.15, 0.2) is 24.3 Å². The van der Waals surface area contributed by atoms with Crippen LogP contribution >= 0.6 is 0 Å². The molecule has 0 aromatic heterocycles. The van der Waals surface area contributed by atoms with Crippen LogP contribution in [0.3, 0.4) is 0 Å². The van der Waals surface area contributed by atoms with Gasteiger partial charge in [0, 0.05) is 26.2 Å². The lowest BCUT2D eigenvalue weighted by molar-refractivity contribution is -0.136. The first kappa shape index (κ1) is 22.6. The monoisotopic (exact) mass is 441 g/mol. The summed E-state index contributed by atoms with van der Waals surface area (Å²) in [6.07, 6.45) is 2.23. The Morgan fingerprint density at radius 3 is 2.50 bits per heavy atom. The molecule has 4 rings (SSSR count). The third-order valence-electron chi connectivity index (χ3n) is 6.95. The summed E-state index contributed by atoms with van der Waals surface area (Å²) in [5.41, 5.74) is 0.734. The number of hydrogen-bond donors (Lipinski definition) is 2. The Balaban J connectivity index is 1.45. The van der Waals surface area contributed by atoms with Gasteiger partial charge in [-0.25, -0.2) is 4.79 Å². The van der Waals surface area contributed by atoms with Crippen molar-refractivity contribution in [2.75, 3.05) is 50.0 Å². The van der Waals surface area contributed by atoms with E-state index >= 15 is 0 Å². The van der Waals surface area contributed by atoms with Gasteiger partial charge in [0.1, 0.15) is 12.1 Å². The number of piperazine rings is 1. The summed E-state index contributed by atoms with van der Waals surface area (Å²) in [5, 5.41) is 5.87. The van der Waals surface area contributed by atoms with Gasteiger partial charge < -0.3 is 20.4 Å². The Labute approximate surface area is 190 Å². The zero-order valence-electron chi connectivity index (χ0n) is 19.6. The summed E-state index contributed by atoms with van der Waals surface area (Å²) < 4.78 is 0. The highest BCUT2D eigenvalue weighted by atomic mass is 16.2. The second-order valence-electron chi connectivity index (χ2n) is 10.6. The van der Waals surface area contributed by atoms with Crippen molar-refractivity contribution < 1.29 is 14.4 Å². The molecule has 1 aromatic rings. The molecular formula is C24H35N5O3. The number of anilines is 2. The third kappa shape index (κ3) is 4.46. The Hall–Kier alpha value is -2.61. The Morgan fingerprint density at radius 2 is 1.81 bits per heavy atom. The number of carbonyl (C=O) groups excluding carboxylic acids is 3. The third-order valence-corrected chi connectivity index (χ3v) is 6.95. The molecule has 174 valence electrons. The molecule has 2 atom stereocenters. The van der Waals surface area contributed by atoms with Crippen LogP contribution in [0.1, 0.15) is 40.0 Å². The number of likely N-dealkylation sites (N-methyl/N-ethyl adjacent to an activating group) is 1. The number of hydrogen-bond acceptors (Lipinski definition) is 5. The zero-order chi connectivity index (χ0) is 23.1. The molecule has 4 amide bonds. The number of amides is 4. The van der Waals surface area contributed by atoms with E-state index in [0.29, 0.717) is 24.4 Å². The largest absolute Gasteiger partial charge is 0.367 e. The van der Waals surface area contributed by atoms with Crippen LogP contribution in [0, 0.1) is 11.3 Å². The number of carbonyl (C=O) groups is 3. The lowest BCUT2D eigenvalue weighted by Gasteiger charge is -2.43. The molecule has 2 saturated heterocycles. The summed E-state index contributed by atoms with van der Waals surface area (Å²) in [5.74, 6) is -0.313. The van der Waals surface area contributed by atoms with Crippen molar-refractivity contribution >= 4 is 29.2 Å². The number of nitrogens with zero attached hydrogens (tertiary/aromatic N) is 3. The summed E-state index contributed by atoms with van der Waals surface area (Å²) >= 11 is 0. The number of nitrogens with one attached hydrogen (secondary N) is 2. The minimum Gasteiger partial charge on any atom is -0.367 e. The molecule has 3 aliphatic rings. The molecule has 2 heterocycles. The molecule has 2 aliphatic heterocycles. The van der Waals surface area contributed by atoms with Crippen molar-refractivity contribution in [3.63, 3.8) is 0 Å². The van der Waals surface area contributed by atoms with Crippen LogP contribution in [0.2, 0.25) is 0 Å². The Kier molecular flexibility index (Phi) is 5.92. The van der Waals surface area contributed by atoms with Gasteiger partial charge in [-0.15, -0.1) is 0 Å². The highest BCUT2D eigenvalue weighted by Crippen LogP contribution is 2.46. The summed E-state index contributed by atoms with van der Waals surface area (Å²) in [7, 11) is 2.10. The molecule has 1 spiro atoms. The van der Waals surface area contributed by atoms with E-state index < -0.39 is 11.6 Å². The Morgan fingerprint density at radius 1 is 1.12 bits per heavy atom. The number of urea groups is 1. The van der Waals surface area contributed by atoms with E-state index in [1.165, 1.54) is 0 Å². The number of imide groups is 1. The second-order valence-corrected chi connectivity index (χ2v) is 10.6. The predicted molar refractivity (Wildman–Crippen MR) is 125 cm³/mol. The first-order valence-electron chi connectivity index (χ1n) is 11.6. The fourth-order valence-corrected chi connectivity index (χ4v) is 5.89. The van der Waals surface area contributed by atoms with Gasteiger partial charge >= 0.3 is 6.03 Å². The summed E-state index contributed by atoms with van der Waals surface area (Å²) in [6.45, 7) is 9.79. The van der Waals surface area contributed by atoms with Gasteiger partial charge in [-0.3, -0.25) is 14.5 Å². The van der Waals surface area contributed by atoms with E-state index in [-0.39, 0.29) is 23.8 Å². The van der Waals surface area contributed by atoms with Gasteiger partial charge in [0.05, 0.1) is 11.4 Å². The molecule has 1 saturated carbocycles. The maximum atomic E-state index is 13.3. The molecule has 32 heavy (non-hydrogen) atoms. The van der Waals surface area contributed by atoms with Crippen molar-refractivity contribution in [3.8, 4) is 0 Å². The van der Waals surface area contributed by atoms with Crippen molar-refractivity contribution in [2.45, 2.75) is 45.6 Å². The molecular weight excluding hydrogens is 406 g/mol. The van der Waals surface area contributed by atoms with E-state index in [0.717, 1.165) is 43.2 Å². The number of rotatable bonds is 4. The van der Waals surface area contributed by atoms with E-state index in [2.05, 4.69) is 48.3 Å². The first-order chi connectivity index (χ1) is 15.1. The minimum absolute atomic E-state index is 0.0413. The maximum absolute atomic E-state index is 13.3. The molecule has 2 unspecified atom stereocenters. The molecule has 1 aliphatic carbocycles. The van der Waals surface area contributed by atoms with Gasteiger partial charge in [0.25, 0.3) is 5.91 Å². The van der Waals surface area contributed by atoms with Gasteiger partial charge in [-0.05, 0) is 49.8 Å². The molecule has 0 radical (unpaired) electrons. The predicted octanol–water partition coefficient (Wildman–Crippen LogP) is 2.51. The summed E-state index contributed by atoms with van der Waals surface area (Å²) in [6, 6.07) is 7.22. The average Bonchev–Trinajstić information content (AvgIpc) is 2.91. The van der Waals surface area contributed by atoms with Crippen molar-refractivity contribution in [2.24, 2.45) is 11.3 Å². The van der Waals surface area contributed by atoms with Gasteiger partial charge in [-0.1, -0.05) is 32.9 Å². The number of benzene rings is 1. The van der Waals surface area contributed by atoms with Crippen molar-refractivity contribution in [1.82, 2.24) is 15.1 Å². The molecule has 3 fully saturated rings. The van der Waals surface area contributed by atoms with E-state index in [4.69, 9.17) is 0 Å². The van der Waals surface area contributed by atoms with E-state index in [1.54, 1.807) is 0 Å². The average molecular weight is 442 g/mol. The molecule has 8 heteroatoms. The maximum Gasteiger partial charge on any atom is 0.325 e. The van der Waals surface area contributed by atoms with Crippen LogP contribution in [0.25, 0.3) is 0 Å². The fraction of sp³-hybridized carbons (Fsp3) is 0.625. The standard InChI is InChI=1S/C24H35N5O3/c1-17-13-23(2,3)16-24(14-17)21(31)29(22(32)26-24)15-20(30)25-18-7-5-6-8-19(18)28-11-9-27(4)10-12-28/h5-8,17H,9-16H2,1-4H3,(H,25,30)(H,26,32). The van der Waals surface area contributed by atoms with Crippen molar-refractivity contribution in [1.29, 1.82) is 0 Å². The molecule has 2 N–H and O–H groups in total. The Bertz CT molecular complexity index is 909. The molecule has 8 nitrogen and oxygen atoms in total. The lowest BCUT2D eigenvalue weighted by atomic mass is 9.64. The highest BCUT2D eigenvalue weighted by molar-refractivity contribution is 6.10. The fourth-order valence-electron chi connectivity index (χ4n) is 5.89. The van der Waals surface area contributed by atoms with Gasteiger partial charge in [0.15, 0.2) is 0 Å². The van der Waals surface area contributed by atoms with Crippen LogP contribution in [-0.4, -0.2) is 73.0 Å². The van der Waals surface area contributed by atoms with E-state index in [1.807, 2.05) is 24.3 Å². The second kappa shape index (κ2) is 8.39.